The summed E-state index contributed by atoms with van der Waals surface area (Å²) < 4.78 is 1.57. The van der Waals surface area contributed by atoms with Crippen molar-refractivity contribution in [2.24, 2.45) is 0 Å². The summed E-state index contributed by atoms with van der Waals surface area (Å²) in [6, 6.07) is 0.0898. The molecule has 0 saturated heterocycles. The molecule has 2 aliphatic rings. The summed E-state index contributed by atoms with van der Waals surface area (Å²) in [6.07, 6.45) is 5.97. The number of carbonyl (C=O) groups is 1. The van der Waals surface area contributed by atoms with Crippen LogP contribution in [0, 0.1) is 0 Å². The van der Waals surface area contributed by atoms with E-state index in [9.17, 15) is 9.90 Å². The fourth-order valence-electron chi connectivity index (χ4n) is 1.72. The van der Waals surface area contributed by atoms with Gasteiger partial charge in [-0.3, -0.25) is 9.10 Å². The normalized spacial score (nSPS) is 29.7. The van der Waals surface area contributed by atoms with E-state index in [0.717, 1.165) is 5.70 Å². The third-order valence-corrected chi connectivity index (χ3v) is 3.81. The van der Waals surface area contributed by atoms with Gasteiger partial charge in [-0.25, -0.2) is 0 Å². The minimum atomic E-state index is -0.0950. The minimum Gasteiger partial charge on any atom is -0.494 e. The highest BCUT2D eigenvalue weighted by Crippen LogP contribution is 2.28. The van der Waals surface area contributed by atoms with Crippen LogP contribution in [0.2, 0.25) is 0 Å². The van der Waals surface area contributed by atoms with Gasteiger partial charge >= 0.3 is 0 Å². The Balaban J connectivity index is 2.32. The molecule has 2 heterocycles. The van der Waals surface area contributed by atoms with Crippen LogP contribution in [0.25, 0.3) is 0 Å². The maximum absolute atomic E-state index is 12.1. The SMILES string of the molecule is C[C@@H]1CNC2=C(SN(C)/C(O)=C\C=C\C2)C(=O)N1. The predicted molar refractivity (Wildman–Crippen MR) is 72.5 cm³/mol. The summed E-state index contributed by atoms with van der Waals surface area (Å²) in [5.41, 5.74) is 0.896. The Morgan fingerprint density at radius 1 is 1.56 bits per heavy atom. The standard InChI is InChI=1S/C12H17N3O2S/c1-8-7-13-9-5-3-4-6-10(16)15(2)18-11(9)12(17)14-8/h3-4,6,8,13,16H,5,7H2,1-2H3,(H,14,17)/b4-3+,10-6+/t8-/m1/s1. The highest BCUT2D eigenvalue weighted by molar-refractivity contribution is 8.01. The summed E-state index contributed by atoms with van der Waals surface area (Å²) in [5.74, 6) is 0.0255. The van der Waals surface area contributed by atoms with Gasteiger partial charge in [0.15, 0.2) is 5.88 Å². The molecule has 0 radical (unpaired) electrons. The maximum atomic E-state index is 12.1. The van der Waals surface area contributed by atoms with Crippen LogP contribution in [-0.4, -0.2) is 35.0 Å². The van der Waals surface area contributed by atoms with Crippen LogP contribution >= 0.6 is 11.9 Å². The van der Waals surface area contributed by atoms with E-state index in [1.165, 1.54) is 11.9 Å². The first-order valence-electron chi connectivity index (χ1n) is 5.83. The van der Waals surface area contributed by atoms with E-state index in [-0.39, 0.29) is 17.8 Å². The molecule has 0 saturated carbocycles. The van der Waals surface area contributed by atoms with Gasteiger partial charge in [0.05, 0.1) is 0 Å². The third-order valence-electron chi connectivity index (χ3n) is 2.73. The third kappa shape index (κ3) is 2.81. The molecule has 1 atom stereocenters. The molecule has 0 aromatic carbocycles. The number of aliphatic hydroxyl groups excluding tert-OH is 1. The smallest absolute Gasteiger partial charge is 0.261 e. The molecule has 2 rings (SSSR count). The Morgan fingerprint density at radius 2 is 2.33 bits per heavy atom. The van der Waals surface area contributed by atoms with E-state index in [1.54, 1.807) is 23.5 Å². The fraction of sp³-hybridized carbons (Fsp3) is 0.417. The lowest BCUT2D eigenvalue weighted by atomic mass is 10.2. The number of carbonyl (C=O) groups excluding carboxylic acids is 1. The number of nitrogens with zero attached hydrogens (tertiary/aromatic N) is 1. The summed E-state index contributed by atoms with van der Waals surface area (Å²) in [4.78, 5) is 12.7. The van der Waals surface area contributed by atoms with E-state index in [0.29, 0.717) is 17.9 Å². The van der Waals surface area contributed by atoms with Gasteiger partial charge < -0.3 is 15.7 Å². The van der Waals surface area contributed by atoms with E-state index in [1.807, 2.05) is 13.0 Å². The fourth-order valence-corrected chi connectivity index (χ4v) is 2.56. The van der Waals surface area contributed by atoms with E-state index < -0.39 is 0 Å². The van der Waals surface area contributed by atoms with Gasteiger partial charge in [0.1, 0.15) is 4.91 Å². The monoisotopic (exact) mass is 267 g/mol. The molecule has 3 N–H and O–H groups in total. The van der Waals surface area contributed by atoms with Crippen molar-refractivity contribution in [1.29, 1.82) is 0 Å². The quantitative estimate of drug-likeness (QED) is 0.576. The lowest BCUT2D eigenvalue weighted by molar-refractivity contribution is -0.117. The molecule has 6 heteroatoms. The van der Waals surface area contributed by atoms with Crippen LogP contribution in [0.15, 0.2) is 34.7 Å². The number of aliphatic hydroxyl groups is 1. The molecule has 2 aliphatic heterocycles. The zero-order valence-corrected chi connectivity index (χ0v) is 11.3. The Hall–Kier alpha value is -1.56. The predicted octanol–water partition coefficient (Wildman–Crippen LogP) is 1.25. The molecule has 5 nitrogen and oxygen atoms in total. The molecule has 0 aromatic heterocycles. The second kappa shape index (κ2) is 5.39. The van der Waals surface area contributed by atoms with Gasteiger partial charge in [-0.2, -0.15) is 0 Å². The zero-order valence-electron chi connectivity index (χ0n) is 10.4. The molecule has 0 spiro atoms. The van der Waals surface area contributed by atoms with Gasteiger partial charge in [0.2, 0.25) is 0 Å². The van der Waals surface area contributed by atoms with Gasteiger partial charge in [-0.1, -0.05) is 12.2 Å². The molecule has 18 heavy (non-hydrogen) atoms. The van der Waals surface area contributed by atoms with Crippen LogP contribution in [0.5, 0.6) is 0 Å². The average molecular weight is 267 g/mol. The van der Waals surface area contributed by atoms with Crippen molar-refractivity contribution in [1.82, 2.24) is 14.9 Å². The zero-order chi connectivity index (χ0) is 13.1. The van der Waals surface area contributed by atoms with Gasteiger partial charge in [0, 0.05) is 31.8 Å². The second-order valence-electron chi connectivity index (χ2n) is 4.31. The number of allylic oxidation sites excluding steroid dienone is 3. The molecule has 0 fully saturated rings. The van der Waals surface area contributed by atoms with Crippen molar-refractivity contribution in [3.8, 4) is 0 Å². The van der Waals surface area contributed by atoms with Crippen molar-refractivity contribution < 1.29 is 9.90 Å². The number of nitrogens with one attached hydrogen (secondary N) is 2. The van der Waals surface area contributed by atoms with E-state index in [4.69, 9.17) is 0 Å². The molecular weight excluding hydrogens is 250 g/mol. The van der Waals surface area contributed by atoms with Crippen molar-refractivity contribution in [3.63, 3.8) is 0 Å². The van der Waals surface area contributed by atoms with Gasteiger partial charge in [-0.05, 0) is 24.9 Å². The van der Waals surface area contributed by atoms with Gasteiger partial charge in [-0.15, -0.1) is 0 Å². The topological polar surface area (TPSA) is 64.6 Å². The Labute approximate surface area is 111 Å². The summed E-state index contributed by atoms with van der Waals surface area (Å²) >= 11 is 1.23. The minimum absolute atomic E-state index is 0.0898. The lowest BCUT2D eigenvalue weighted by Gasteiger charge is -2.18. The van der Waals surface area contributed by atoms with Crippen molar-refractivity contribution in [3.05, 3.63) is 34.7 Å². The van der Waals surface area contributed by atoms with Crippen molar-refractivity contribution in [2.45, 2.75) is 19.4 Å². The van der Waals surface area contributed by atoms with Crippen LogP contribution in [0.3, 0.4) is 0 Å². The van der Waals surface area contributed by atoms with Crippen molar-refractivity contribution in [2.75, 3.05) is 13.6 Å². The Kier molecular flexibility index (Phi) is 3.86. The first-order chi connectivity index (χ1) is 8.58. The Bertz CT molecular complexity index is 443. The van der Waals surface area contributed by atoms with Crippen LogP contribution in [0.4, 0.5) is 0 Å². The molecule has 98 valence electrons. The summed E-state index contributed by atoms with van der Waals surface area (Å²) in [5, 5.41) is 15.9. The molecule has 0 aliphatic carbocycles. The molecule has 0 unspecified atom stereocenters. The molecule has 1 amide bonds. The number of hydrogen-bond acceptors (Lipinski definition) is 5. The van der Waals surface area contributed by atoms with Crippen LogP contribution in [0.1, 0.15) is 13.3 Å². The van der Waals surface area contributed by atoms with Gasteiger partial charge in [0.25, 0.3) is 5.91 Å². The highest BCUT2D eigenvalue weighted by Gasteiger charge is 2.24. The first-order valence-corrected chi connectivity index (χ1v) is 6.60. The first kappa shape index (κ1) is 12.9. The summed E-state index contributed by atoms with van der Waals surface area (Å²) in [6.45, 7) is 2.67. The van der Waals surface area contributed by atoms with E-state index >= 15 is 0 Å². The van der Waals surface area contributed by atoms with Crippen LogP contribution < -0.4 is 10.6 Å². The number of amides is 1. The highest BCUT2D eigenvalue weighted by atomic mass is 32.2. The molecule has 0 bridgehead atoms. The largest absolute Gasteiger partial charge is 0.494 e. The molecule has 0 aromatic rings. The molecular formula is C12H17N3O2S. The number of hydrogen-bond donors (Lipinski definition) is 3. The van der Waals surface area contributed by atoms with E-state index in [2.05, 4.69) is 10.6 Å². The average Bonchev–Trinajstić information content (AvgIpc) is 2.41. The number of rotatable bonds is 0. The Morgan fingerprint density at radius 3 is 3.11 bits per heavy atom. The van der Waals surface area contributed by atoms with Crippen molar-refractivity contribution >= 4 is 17.9 Å². The lowest BCUT2D eigenvalue weighted by Crippen LogP contribution is -2.36. The summed E-state index contributed by atoms with van der Waals surface area (Å²) in [7, 11) is 1.72. The second-order valence-corrected chi connectivity index (χ2v) is 5.45. The van der Waals surface area contributed by atoms with Crippen LogP contribution in [-0.2, 0) is 4.79 Å². The maximum Gasteiger partial charge on any atom is 0.261 e.